The number of anilines is 1. The van der Waals surface area contributed by atoms with Gasteiger partial charge in [0, 0.05) is 19.0 Å². The number of nitrogens with zero attached hydrogens (tertiary/aromatic N) is 1. The molecule has 0 fully saturated rings. The molecule has 9 heteroatoms. The van der Waals surface area contributed by atoms with Crippen molar-refractivity contribution in [3.05, 3.63) is 47.7 Å². The van der Waals surface area contributed by atoms with Crippen LogP contribution in [0, 0.1) is 0 Å². The standard InChI is InChI=1S/C15H15F3N2O3S/c1-23-11-6-5-10(12(8-11)15(16,17)18)9-20-14-13(24(2,21)22)4-3-7-19-14/h3-8H,9H2,1-2H3,(H,19,20). The first-order valence-electron chi connectivity index (χ1n) is 6.76. The Morgan fingerprint density at radius 3 is 2.54 bits per heavy atom. The lowest BCUT2D eigenvalue weighted by Crippen LogP contribution is -2.13. The Labute approximate surface area is 137 Å². The molecular weight excluding hydrogens is 345 g/mol. The third-order valence-electron chi connectivity index (χ3n) is 3.24. The predicted molar refractivity (Wildman–Crippen MR) is 82.7 cm³/mol. The van der Waals surface area contributed by atoms with Crippen LogP contribution in [0.4, 0.5) is 19.0 Å². The van der Waals surface area contributed by atoms with Crippen LogP contribution in [0.15, 0.2) is 41.4 Å². The Morgan fingerprint density at radius 2 is 1.96 bits per heavy atom. The van der Waals surface area contributed by atoms with Crippen molar-refractivity contribution in [3.63, 3.8) is 0 Å². The minimum Gasteiger partial charge on any atom is -0.497 e. The fourth-order valence-corrected chi connectivity index (χ4v) is 2.90. The second-order valence-electron chi connectivity index (χ2n) is 5.00. The first kappa shape index (κ1) is 18.1. The lowest BCUT2D eigenvalue weighted by Gasteiger charge is -2.16. The first-order chi connectivity index (χ1) is 11.1. The number of pyridine rings is 1. The van der Waals surface area contributed by atoms with Crippen LogP contribution in [0.3, 0.4) is 0 Å². The number of nitrogens with one attached hydrogen (secondary N) is 1. The van der Waals surface area contributed by atoms with Crippen LogP contribution in [-0.4, -0.2) is 26.8 Å². The Kier molecular flexibility index (Phi) is 5.02. The zero-order chi connectivity index (χ0) is 18.0. The summed E-state index contributed by atoms with van der Waals surface area (Å²) in [6.45, 7) is -0.238. The molecule has 0 saturated carbocycles. The summed E-state index contributed by atoms with van der Waals surface area (Å²) in [4.78, 5) is 3.81. The minimum atomic E-state index is -4.56. The minimum absolute atomic E-state index is 0.00365. The highest BCUT2D eigenvalue weighted by molar-refractivity contribution is 7.90. The molecule has 1 aromatic carbocycles. The molecule has 0 aliphatic heterocycles. The smallest absolute Gasteiger partial charge is 0.416 e. The van der Waals surface area contributed by atoms with E-state index in [2.05, 4.69) is 10.3 Å². The largest absolute Gasteiger partial charge is 0.497 e. The fourth-order valence-electron chi connectivity index (χ4n) is 2.10. The highest BCUT2D eigenvalue weighted by atomic mass is 32.2. The third kappa shape index (κ3) is 4.16. The predicted octanol–water partition coefficient (Wildman–Crippen LogP) is 3.12. The average molecular weight is 360 g/mol. The Morgan fingerprint density at radius 1 is 1.25 bits per heavy atom. The molecule has 0 unspecified atom stereocenters. The number of rotatable bonds is 5. The van der Waals surface area contributed by atoms with Crippen molar-refractivity contribution in [2.24, 2.45) is 0 Å². The normalized spacial score (nSPS) is 12.0. The summed E-state index contributed by atoms with van der Waals surface area (Å²) in [5, 5.41) is 2.65. The van der Waals surface area contributed by atoms with E-state index in [-0.39, 0.29) is 28.6 Å². The van der Waals surface area contributed by atoms with E-state index in [1.807, 2.05) is 0 Å². The zero-order valence-electron chi connectivity index (χ0n) is 12.9. The van der Waals surface area contributed by atoms with Gasteiger partial charge in [0.1, 0.15) is 16.5 Å². The molecule has 1 heterocycles. The molecule has 5 nitrogen and oxygen atoms in total. The summed E-state index contributed by atoms with van der Waals surface area (Å²) < 4.78 is 67.7. The van der Waals surface area contributed by atoms with Crippen LogP contribution in [-0.2, 0) is 22.6 Å². The lowest BCUT2D eigenvalue weighted by atomic mass is 10.1. The van der Waals surface area contributed by atoms with Gasteiger partial charge in [0.05, 0.1) is 12.7 Å². The lowest BCUT2D eigenvalue weighted by molar-refractivity contribution is -0.138. The van der Waals surface area contributed by atoms with Gasteiger partial charge in [-0.25, -0.2) is 13.4 Å². The maximum Gasteiger partial charge on any atom is 0.416 e. The van der Waals surface area contributed by atoms with E-state index >= 15 is 0 Å². The molecular formula is C15H15F3N2O3S. The van der Waals surface area contributed by atoms with E-state index in [1.54, 1.807) is 0 Å². The number of hydrogen-bond acceptors (Lipinski definition) is 5. The summed E-state index contributed by atoms with van der Waals surface area (Å²) >= 11 is 0. The molecule has 1 N–H and O–H groups in total. The van der Waals surface area contributed by atoms with Gasteiger partial charge in [0.25, 0.3) is 0 Å². The van der Waals surface area contributed by atoms with Crippen molar-refractivity contribution in [2.75, 3.05) is 18.7 Å². The van der Waals surface area contributed by atoms with Crippen LogP contribution in [0.2, 0.25) is 0 Å². The molecule has 0 radical (unpaired) electrons. The van der Waals surface area contributed by atoms with Gasteiger partial charge in [-0.15, -0.1) is 0 Å². The number of sulfone groups is 1. The number of benzene rings is 1. The monoisotopic (exact) mass is 360 g/mol. The van der Waals surface area contributed by atoms with Crippen molar-refractivity contribution >= 4 is 15.7 Å². The van der Waals surface area contributed by atoms with Crippen LogP contribution in [0.5, 0.6) is 5.75 Å². The van der Waals surface area contributed by atoms with Gasteiger partial charge in [-0.3, -0.25) is 0 Å². The number of halogens is 3. The van der Waals surface area contributed by atoms with Gasteiger partial charge in [-0.05, 0) is 29.8 Å². The van der Waals surface area contributed by atoms with Crippen LogP contribution in [0.1, 0.15) is 11.1 Å². The first-order valence-corrected chi connectivity index (χ1v) is 8.65. The van der Waals surface area contributed by atoms with Crippen molar-refractivity contribution in [3.8, 4) is 5.75 Å². The number of alkyl halides is 3. The number of methoxy groups -OCH3 is 1. The van der Waals surface area contributed by atoms with E-state index in [9.17, 15) is 21.6 Å². The SMILES string of the molecule is COc1ccc(CNc2ncccc2S(C)(=O)=O)c(C(F)(F)F)c1. The maximum atomic E-state index is 13.2. The summed E-state index contributed by atoms with van der Waals surface area (Å²) in [6.07, 6.45) is -2.20. The van der Waals surface area contributed by atoms with Crippen molar-refractivity contribution < 1.29 is 26.3 Å². The molecule has 2 aromatic rings. The second-order valence-corrected chi connectivity index (χ2v) is 6.98. The summed E-state index contributed by atoms with van der Waals surface area (Å²) in [5.74, 6) is 0.0877. The summed E-state index contributed by atoms with van der Waals surface area (Å²) in [5.41, 5.74) is -0.903. The van der Waals surface area contributed by atoms with Crippen molar-refractivity contribution in [1.82, 2.24) is 4.98 Å². The molecule has 24 heavy (non-hydrogen) atoms. The fraction of sp³-hybridized carbons (Fsp3) is 0.267. The summed E-state index contributed by atoms with van der Waals surface area (Å²) in [6, 6.07) is 6.35. The Balaban J connectivity index is 2.34. The number of hydrogen-bond donors (Lipinski definition) is 1. The van der Waals surface area contributed by atoms with Crippen LogP contribution < -0.4 is 10.1 Å². The van der Waals surface area contributed by atoms with E-state index < -0.39 is 21.6 Å². The van der Waals surface area contributed by atoms with Gasteiger partial charge in [-0.2, -0.15) is 13.2 Å². The molecule has 0 bridgehead atoms. The van der Waals surface area contributed by atoms with E-state index in [4.69, 9.17) is 4.74 Å². The highest BCUT2D eigenvalue weighted by Gasteiger charge is 2.33. The van der Waals surface area contributed by atoms with E-state index in [0.29, 0.717) is 0 Å². The molecule has 0 amide bonds. The molecule has 0 saturated heterocycles. The third-order valence-corrected chi connectivity index (χ3v) is 4.37. The maximum absolute atomic E-state index is 13.2. The molecule has 0 atom stereocenters. The quantitative estimate of drug-likeness (QED) is 0.887. The van der Waals surface area contributed by atoms with Crippen LogP contribution >= 0.6 is 0 Å². The van der Waals surface area contributed by atoms with Crippen LogP contribution in [0.25, 0.3) is 0 Å². The van der Waals surface area contributed by atoms with Crippen molar-refractivity contribution in [2.45, 2.75) is 17.6 Å². The average Bonchev–Trinajstić information content (AvgIpc) is 2.51. The molecule has 130 valence electrons. The van der Waals surface area contributed by atoms with Gasteiger partial charge in [0.2, 0.25) is 0 Å². The molecule has 0 aliphatic rings. The van der Waals surface area contributed by atoms with Gasteiger partial charge >= 0.3 is 6.18 Å². The zero-order valence-corrected chi connectivity index (χ0v) is 13.7. The molecule has 0 spiro atoms. The summed E-state index contributed by atoms with van der Waals surface area (Å²) in [7, 11) is -2.28. The van der Waals surface area contributed by atoms with Gasteiger partial charge in [-0.1, -0.05) is 6.07 Å². The Bertz CT molecular complexity index is 836. The molecule has 0 aliphatic carbocycles. The Hall–Kier alpha value is -2.29. The van der Waals surface area contributed by atoms with E-state index in [1.165, 1.54) is 37.6 Å². The van der Waals surface area contributed by atoms with Crippen molar-refractivity contribution in [1.29, 1.82) is 0 Å². The molecule has 1 aromatic heterocycles. The van der Waals surface area contributed by atoms with Gasteiger partial charge in [0.15, 0.2) is 9.84 Å². The van der Waals surface area contributed by atoms with E-state index in [0.717, 1.165) is 12.3 Å². The number of aromatic nitrogens is 1. The van der Waals surface area contributed by atoms with Gasteiger partial charge < -0.3 is 10.1 Å². The second kappa shape index (κ2) is 6.68. The highest BCUT2D eigenvalue weighted by Crippen LogP contribution is 2.34. The number of ether oxygens (including phenoxy) is 1. The molecule has 2 rings (SSSR count). The topological polar surface area (TPSA) is 68.3 Å².